The van der Waals surface area contributed by atoms with Gasteiger partial charge in [-0.3, -0.25) is 9.78 Å². The van der Waals surface area contributed by atoms with Crippen LogP contribution in [0.25, 0.3) is 22.2 Å². The number of hydrogen-bond donors (Lipinski definition) is 2. The second-order valence-corrected chi connectivity index (χ2v) is 7.21. The summed E-state index contributed by atoms with van der Waals surface area (Å²) in [5.74, 6) is 0.520. The van der Waals surface area contributed by atoms with Gasteiger partial charge in [0.2, 0.25) is 5.95 Å². The molecule has 0 radical (unpaired) electrons. The van der Waals surface area contributed by atoms with E-state index >= 15 is 0 Å². The molecular weight excluding hydrogens is 332 g/mol. The number of nitrogens with zero attached hydrogens (tertiary/aromatic N) is 2. The van der Waals surface area contributed by atoms with E-state index < -0.39 is 0 Å². The summed E-state index contributed by atoms with van der Waals surface area (Å²) in [6, 6.07) is 10.4. The lowest BCUT2D eigenvalue weighted by Crippen LogP contribution is -2.20. The molecule has 0 unspecified atom stereocenters. The number of thioether (sulfide) groups is 1. The largest absolute Gasteiger partial charge is 0.353 e. The predicted molar refractivity (Wildman–Crippen MR) is 103 cm³/mol. The molecule has 0 atom stereocenters. The second-order valence-electron chi connectivity index (χ2n) is 6.33. The molecule has 1 fully saturated rings. The van der Waals surface area contributed by atoms with Crippen LogP contribution in [0.3, 0.4) is 0 Å². The number of rotatable bonds is 4. The molecule has 5 nitrogen and oxygen atoms in total. The number of hydrogen-bond acceptors (Lipinski definition) is 5. The number of anilines is 1. The molecule has 128 valence electrons. The average Bonchev–Trinajstić information content (AvgIpc) is 3.14. The van der Waals surface area contributed by atoms with Crippen LogP contribution in [-0.4, -0.2) is 27.2 Å². The fourth-order valence-electron chi connectivity index (χ4n) is 3.41. The SMILES string of the molecule is CSc1ccc(-c2ccnc3nc(NC4CCCC4)[nH]c(=O)c23)cc1. The average molecular weight is 352 g/mol. The molecular formula is C19H20N4OS. The molecule has 25 heavy (non-hydrogen) atoms. The zero-order valence-corrected chi connectivity index (χ0v) is 14.9. The number of nitrogens with one attached hydrogen (secondary N) is 2. The quantitative estimate of drug-likeness (QED) is 0.693. The fourth-order valence-corrected chi connectivity index (χ4v) is 3.81. The molecule has 4 rings (SSSR count). The lowest BCUT2D eigenvalue weighted by atomic mass is 10.0. The molecule has 2 heterocycles. The fraction of sp³-hybridized carbons (Fsp3) is 0.316. The Morgan fingerprint density at radius 3 is 2.64 bits per heavy atom. The van der Waals surface area contributed by atoms with E-state index in [0.717, 1.165) is 24.0 Å². The summed E-state index contributed by atoms with van der Waals surface area (Å²) in [6.07, 6.45) is 8.46. The molecule has 6 heteroatoms. The lowest BCUT2D eigenvalue weighted by Gasteiger charge is -2.13. The van der Waals surface area contributed by atoms with E-state index in [9.17, 15) is 4.79 Å². The van der Waals surface area contributed by atoms with Crippen molar-refractivity contribution in [1.82, 2.24) is 15.0 Å². The third-order valence-corrected chi connectivity index (χ3v) is 5.45. The van der Waals surface area contributed by atoms with E-state index in [1.54, 1.807) is 18.0 Å². The Hall–Kier alpha value is -2.34. The monoisotopic (exact) mass is 352 g/mol. The normalized spacial score (nSPS) is 14.9. The summed E-state index contributed by atoms with van der Waals surface area (Å²) in [6.45, 7) is 0. The maximum atomic E-state index is 12.7. The molecule has 0 saturated heterocycles. The molecule has 1 aliphatic carbocycles. The Morgan fingerprint density at radius 1 is 1.16 bits per heavy atom. The van der Waals surface area contributed by atoms with Crippen molar-refractivity contribution in [1.29, 1.82) is 0 Å². The van der Waals surface area contributed by atoms with Gasteiger partial charge in [0.1, 0.15) is 0 Å². The molecule has 3 aromatic rings. The minimum Gasteiger partial charge on any atom is -0.353 e. The molecule has 0 amide bonds. The number of aromatic amines is 1. The Morgan fingerprint density at radius 2 is 1.92 bits per heavy atom. The first kappa shape index (κ1) is 16.1. The highest BCUT2D eigenvalue weighted by atomic mass is 32.2. The van der Waals surface area contributed by atoms with E-state index in [1.165, 1.54) is 17.7 Å². The standard InChI is InChI=1S/C19H20N4OS/c1-25-14-8-6-12(7-9-14)15-10-11-20-17-16(15)18(24)23-19(22-17)21-13-4-2-3-5-13/h6-11,13H,2-5H2,1H3,(H2,20,21,22,23,24). The Balaban J connectivity index is 1.76. The Kier molecular flexibility index (Phi) is 4.44. The minimum atomic E-state index is -0.150. The Labute approximate surface area is 150 Å². The van der Waals surface area contributed by atoms with Gasteiger partial charge in [-0.15, -0.1) is 11.8 Å². The first-order chi connectivity index (χ1) is 12.2. The van der Waals surface area contributed by atoms with Crippen molar-refractivity contribution < 1.29 is 0 Å². The van der Waals surface area contributed by atoms with Gasteiger partial charge in [-0.25, -0.2) is 4.98 Å². The molecule has 0 spiro atoms. The number of aromatic nitrogens is 3. The van der Waals surface area contributed by atoms with Gasteiger partial charge in [0, 0.05) is 17.1 Å². The predicted octanol–water partition coefficient (Wildman–Crippen LogP) is 4.06. The van der Waals surface area contributed by atoms with Crippen molar-refractivity contribution in [3.05, 3.63) is 46.9 Å². The number of fused-ring (bicyclic) bond motifs is 1. The van der Waals surface area contributed by atoms with Crippen LogP contribution in [0.5, 0.6) is 0 Å². The van der Waals surface area contributed by atoms with Crippen LogP contribution in [0, 0.1) is 0 Å². The van der Waals surface area contributed by atoms with Gasteiger partial charge in [0.25, 0.3) is 5.56 Å². The third kappa shape index (κ3) is 3.26. The van der Waals surface area contributed by atoms with E-state index in [4.69, 9.17) is 0 Å². The highest BCUT2D eigenvalue weighted by Crippen LogP contribution is 2.27. The van der Waals surface area contributed by atoms with Crippen molar-refractivity contribution in [3.63, 3.8) is 0 Å². The van der Waals surface area contributed by atoms with Gasteiger partial charge in [0.15, 0.2) is 5.65 Å². The molecule has 1 aromatic carbocycles. The van der Waals surface area contributed by atoms with Crippen molar-refractivity contribution in [2.45, 2.75) is 36.6 Å². The zero-order valence-electron chi connectivity index (χ0n) is 14.1. The highest BCUT2D eigenvalue weighted by molar-refractivity contribution is 7.98. The van der Waals surface area contributed by atoms with Gasteiger partial charge in [-0.2, -0.15) is 4.98 Å². The number of pyridine rings is 1. The van der Waals surface area contributed by atoms with Crippen LogP contribution in [0.2, 0.25) is 0 Å². The summed E-state index contributed by atoms with van der Waals surface area (Å²) in [5.41, 5.74) is 2.19. The van der Waals surface area contributed by atoms with Crippen LogP contribution in [0.4, 0.5) is 5.95 Å². The molecule has 0 bridgehead atoms. The van der Waals surface area contributed by atoms with Crippen molar-refractivity contribution in [2.24, 2.45) is 0 Å². The lowest BCUT2D eigenvalue weighted by molar-refractivity contribution is 0.744. The zero-order chi connectivity index (χ0) is 17.2. The van der Waals surface area contributed by atoms with Gasteiger partial charge in [-0.1, -0.05) is 25.0 Å². The molecule has 2 N–H and O–H groups in total. The van der Waals surface area contributed by atoms with Crippen LogP contribution >= 0.6 is 11.8 Å². The van der Waals surface area contributed by atoms with Gasteiger partial charge < -0.3 is 5.32 Å². The topological polar surface area (TPSA) is 70.7 Å². The van der Waals surface area contributed by atoms with Crippen LogP contribution in [0.1, 0.15) is 25.7 Å². The summed E-state index contributed by atoms with van der Waals surface area (Å²) in [4.78, 5) is 25.7. The van der Waals surface area contributed by atoms with Crippen LogP contribution in [0.15, 0.2) is 46.2 Å². The van der Waals surface area contributed by atoms with Crippen LogP contribution in [-0.2, 0) is 0 Å². The van der Waals surface area contributed by atoms with Gasteiger partial charge in [-0.05, 0) is 48.4 Å². The third-order valence-electron chi connectivity index (χ3n) is 4.70. The van der Waals surface area contributed by atoms with E-state index in [2.05, 4.69) is 32.4 Å². The van der Waals surface area contributed by atoms with Crippen LogP contribution < -0.4 is 10.9 Å². The summed E-state index contributed by atoms with van der Waals surface area (Å²) < 4.78 is 0. The van der Waals surface area contributed by atoms with Crippen molar-refractivity contribution in [3.8, 4) is 11.1 Å². The maximum Gasteiger partial charge on any atom is 0.262 e. The molecule has 1 saturated carbocycles. The molecule has 2 aromatic heterocycles. The van der Waals surface area contributed by atoms with E-state index in [1.807, 2.05) is 24.5 Å². The van der Waals surface area contributed by atoms with Gasteiger partial charge >= 0.3 is 0 Å². The van der Waals surface area contributed by atoms with E-state index in [-0.39, 0.29) is 5.56 Å². The smallest absolute Gasteiger partial charge is 0.262 e. The number of benzene rings is 1. The summed E-state index contributed by atoms with van der Waals surface area (Å²) in [5, 5.41) is 3.88. The summed E-state index contributed by atoms with van der Waals surface area (Å²) in [7, 11) is 0. The van der Waals surface area contributed by atoms with Crippen molar-refractivity contribution >= 4 is 28.7 Å². The first-order valence-electron chi connectivity index (χ1n) is 8.54. The first-order valence-corrected chi connectivity index (χ1v) is 9.77. The minimum absolute atomic E-state index is 0.150. The van der Waals surface area contributed by atoms with Gasteiger partial charge in [0.05, 0.1) is 5.39 Å². The highest BCUT2D eigenvalue weighted by Gasteiger charge is 2.17. The number of H-pyrrole nitrogens is 1. The Bertz CT molecular complexity index is 946. The molecule has 1 aliphatic rings. The second kappa shape index (κ2) is 6.88. The van der Waals surface area contributed by atoms with Crippen molar-refractivity contribution in [2.75, 3.05) is 11.6 Å². The summed E-state index contributed by atoms with van der Waals surface area (Å²) >= 11 is 1.70. The maximum absolute atomic E-state index is 12.7. The van der Waals surface area contributed by atoms with E-state index in [0.29, 0.717) is 23.0 Å². The molecule has 0 aliphatic heterocycles.